The van der Waals surface area contributed by atoms with Crippen LogP contribution >= 0.6 is 0 Å². The standard InChI is InChI=1S/C44H58N8O5Si/c1-43(2,3)56-41(53)50-20-10-12-36(50)39-46-26-35(49-39)30-16-14-29(15-17-30)34-25-45-33-24-31(18-19-32(33)48-34)38-27-47-40(52(38)28-55-22-23-58(7,8)9)37-13-11-21-51(37)42(54)57-44(4,5)6/h14-19,24-27,36-37H,10-13,20-23,28H2,1-9H3,(H,46,49). The Hall–Kier alpha value is -5.08. The molecule has 2 fully saturated rings. The van der Waals surface area contributed by atoms with Gasteiger partial charge in [0.2, 0.25) is 0 Å². The number of rotatable bonds is 10. The number of aromatic amines is 1. The second-order valence-corrected chi connectivity index (χ2v) is 24.3. The lowest BCUT2D eigenvalue weighted by Crippen LogP contribution is -2.37. The predicted molar refractivity (Wildman–Crippen MR) is 228 cm³/mol. The third-order valence-electron chi connectivity index (χ3n) is 10.4. The molecule has 1 N–H and O–H groups in total. The smallest absolute Gasteiger partial charge is 0.410 e. The molecule has 0 saturated carbocycles. The Balaban J connectivity index is 1.10. The summed E-state index contributed by atoms with van der Waals surface area (Å²) < 4.78 is 19.9. The van der Waals surface area contributed by atoms with Gasteiger partial charge in [0.1, 0.15) is 29.6 Å². The van der Waals surface area contributed by atoms with Crippen LogP contribution in [0.2, 0.25) is 25.7 Å². The molecule has 0 radical (unpaired) electrons. The van der Waals surface area contributed by atoms with Gasteiger partial charge in [0.05, 0.1) is 58.8 Å². The summed E-state index contributed by atoms with van der Waals surface area (Å²) in [5.74, 6) is 1.56. The molecule has 13 nitrogen and oxygen atoms in total. The minimum atomic E-state index is -1.29. The Morgan fingerprint density at radius 3 is 2.03 bits per heavy atom. The van der Waals surface area contributed by atoms with Crippen molar-refractivity contribution in [3.05, 3.63) is 72.7 Å². The molecule has 3 aromatic heterocycles. The summed E-state index contributed by atoms with van der Waals surface area (Å²) in [6, 6.07) is 14.9. The highest BCUT2D eigenvalue weighted by Crippen LogP contribution is 2.37. The Bertz CT molecular complexity index is 2250. The lowest BCUT2D eigenvalue weighted by Gasteiger charge is -2.29. The van der Waals surface area contributed by atoms with Crippen LogP contribution in [0.5, 0.6) is 0 Å². The van der Waals surface area contributed by atoms with E-state index < -0.39 is 19.3 Å². The Morgan fingerprint density at radius 1 is 0.759 bits per heavy atom. The summed E-state index contributed by atoms with van der Waals surface area (Å²) >= 11 is 0. The average Bonchev–Trinajstić information content (AvgIpc) is 3.98. The van der Waals surface area contributed by atoms with E-state index in [2.05, 4.69) is 34.2 Å². The van der Waals surface area contributed by atoms with Crippen molar-refractivity contribution in [2.75, 3.05) is 19.7 Å². The van der Waals surface area contributed by atoms with E-state index in [4.69, 9.17) is 29.2 Å². The van der Waals surface area contributed by atoms with Gasteiger partial charge >= 0.3 is 12.2 Å². The van der Waals surface area contributed by atoms with Crippen LogP contribution in [0.25, 0.3) is 44.8 Å². The summed E-state index contributed by atoms with van der Waals surface area (Å²) in [5, 5.41) is 0. The number of fused-ring (bicyclic) bond motifs is 1. The van der Waals surface area contributed by atoms with Crippen molar-refractivity contribution in [1.82, 2.24) is 39.3 Å². The molecular formula is C44H58N8O5Si. The lowest BCUT2D eigenvalue weighted by molar-refractivity contribution is 0.0199. The zero-order valence-corrected chi connectivity index (χ0v) is 36.5. The van der Waals surface area contributed by atoms with Crippen molar-refractivity contribution in [1.29, 1.82) is 0 Å². The largest absolute Gasteiger partial charge is 0.444 e. The molecule has 2 aliphatic heterocycles. The fourth-order valence-electron chi connectivity index (χ4n) is 7.50. The lowest BCUT2D eigenvalue weighted by atomic mass is 10.1. The van der Waals surface area contributed by atoms with E-state index in [9.17, 15) is 9.59 Å². The van der Waals surface area contributed by atoms with Crippen molar-refractivity contribution in [2.45, 2.75) is 123 Å². The molecule has 0 bridgehead atoms. The van der Waals surface area contributed by atoms with Crippen molar-refractivity contribution < 1.29 is 23.8 Å². The number of aromatic nitrogens is 6. The molecule has 2 amide bonds. The number of hydrogen-bond acceptors (Lipinski definition) is 9. The minimum absolute atomic E-state index is 0.145. The third-order valence-corrected chi connectivity index (χ3v) is 12.1. The maximum absolute atomic E-state index is 13.3. The molecule has 14 heteroatoms. The van der Waals surface area contributed by atoms with Gasteiger partial charge in [0.15, 0.2) is 0 Å². The molecule has 7 rings (SSSR count). The molecule has 308 valence electrons. The van der Waals surface area contributed by atoms with E-state index in [1.54, 1.807) is 16.0 Å². The first-order valence-corrected chi connectivity index (χ1v) is 24.2. The number of benzene rings is 2. The number of imidazole rings is 2. The summed E-state index contributed by atoms with van der Waals surface area (Å²) in [4.78, 5) is 52.6. The molecule has 5 aromatic rings. The first kappa shape index (κ1) is 41.1. The van der Waals surface area contributed by atoms with E-state index in [-0.39, 0.29) is 24.3 Å². The highest BCUT2D eigenvalue weighted by atomic mass is 28.3. The molecule has 2 aromatic carbocycles. The fourth-order valence-corrected chi connectivity index (χ4v) is 8.26. The molecule has 2 saturated heterocycles. The number of carbonyl (C=O) groups is 2. The second-order valence-electron chi connectivity index (χ2n) is 18.7. The summed E-state index contributed by atoms with van der Waals surface area (Å²) in [6.45, 7) is 20.6. The Morgan fingerprint density at radius 2 is 1.38 bits per heavy atom. The quantitative estimate of drug-likeness (QED) is 0.108. The zero-order chi connectivity index (χ0) is 41.4. The van der Waals surface area contributed by atoms with Gasteiger partial charge in [-0.25, -0.2) is 24.5 Å². The molecule has 58 heavy (non-hydrogen) atoms. The highest BCUT2D eigenvalue weighted by Gasteiger charge is 2.37. The monoisotopic (exact) mass is 806 g/mol. The second kappa shape index (κ2) is 16.3. The van der Waals surface area contributed by atoms with E-state index in [1.807, 2.05) is 96.4 Å². The van der Waals surface area contributed by atoms with Crippen molar-refractivity contribution in [3.63, 3.8) is 0 Å². The van der Waals surface area contributed by atoms with Gasteiger partial charge in [-0.15, -0.1) is 0 Å². The highest BCUT2D eigenvalue weighted by molar-refractivity contribution is 6.76. The van der Waals surface area contributed by atoms with Crippen LogP contribution in [0.15, 0.2) is 61.1 Å². The summed E-state index contributed by atoms with van der Waals surface area (Å²) in [5.41, 5.74) is 5.81. The number of likely N-dealkylation sites (tertiary alicyclic amines) is 2. The van der Waals surface area contributed by atoms with Crippen LogP contribution < -0.4 is 0 Å². The van der Waals surface area contributed by atoms with Crippen LogP contribution in [0.3, 0.4) is 0 Å². The van der Waals surface area contributed by atoms with Gasteiger partial charge in [-0.1, -0.05) is 50.0 Å². The summed E-state index contributed by atoms with van der Waals surface area (Å²) in [7, 11) is -1.29. The van der Waals surface area contributed by atoms with Crippen molar-refractivity contribution in [3.8, 4) is 33.8 Å². The molecule has 5 heterocycles. The number of hydrogen-bond donors (Lipinski definition) is 1. The van der Waals surface area contributed by atoms with Crippen molar-refractivity contribution in [2.24, 2.45) is 0 Å². The first-order valence-electron chi connectivity index (χ1n) is 20.5. The molecule has 2 atom stereocenters. The first-order chi connectivity index (χ1) is 27.4. The normalized spacial score (nSPS) is 17.7. The molecule has 0 aliphatic carbocycles. The van der Waals surface area contributed by atoms with Gasteiger partial charge in [-0.2, -0.15) is 0 Å². The van der Waals surface area contributed by atoms with Gasteiger partial charge in [0.25, 0.3) is 0 Å². The third kappa shape index (κ3) is 9.61. The van der Waals surface area contributed by atoms with Crippen LogP contribution in [0, 0.1) is 0 Å². The number of H-pyrrole nitrogens is 1. The average molecular weight is 807 g/mol. The van der Waals surface area contributed by atoms with E-state index in [1.165, 1.54) is 0 Å². The van der Waals surface area contributed by atoms with E-state index in [0.29, 0.717) is 26.4 Å². The van der Waals surface area contributed by atoms with E-state index in [0.717, 1.165) is 88.2 Å². The number of nitrogens with one attached hydrogen (secondary N) is 1. The minimum Gasteiger partial charge on any atom is -0.444 e. The predicted octanol–water partition coefficient (Wildman–Crippen LogP) is 10.0. The molecular weight excluding hydrogens is 749 g/mol. The summed E-state index contributed by atoms with van der Waals surface area (Å²) in [6.07, 6.45) is 8.29. The van der Waals surface area contributed by atoms with Crippen LogP contribution in [0.4, 0.5) is 9.59 Å². The van der Waals surface area contributed by atoms with E-state index >= 15 is 0 Å². The number of nitrogens with zero attached hydrogens (tertiary/aromatic N) is 7. The van der Waals surface area contributed by atoms with Crippen LogP contribution in [0.1, 0.15) is 91.0 Å². The van der Waals surface area contributed by atoms with Gasteiger partial charge < -0.3 is 23.8 Å². The van der Waals surface area contributed by atoms with Gasteiger partial charge in [-0.3, -0.25) is 14.8 Å². The topological polar surface area (TPSA) is 141 Å². The molecule has 0 spiro atoms. The Kier molecular flexibility index (Phi) is 11.5. The van der Waals surface area contributed by atoms with Crippen LogP contribution in [-0.2, 0) is 20.9 Å². The maximum atomic E-state index is 13.3. The number of carbonyl (C=O) groups excluding carboxylic acids is 2. The van der Waals surface area contributed by atoms with Gasteiger partial charge in [-0.05, 0) is 91.0 Å². The maximum Gasteiger partial charge on any atom is 0.410 e. The van der Waals surface area contributed by atoms with Crippen molar-refractivity contribution >= 4 is 31.3 Å². The van der Waals surface area contributed by atoms with Gasteiger partial charge in [0, 0.05) is 38.9 Å². The Labute approximate surface area is 342 Å². The van der Waals surface area contributed by atoms with Crippen LogP contribution in [-0.4, -0.2) is 90.4 Å². The number of amides is 2. The molecule has 2 unspecified atom stereocenters. The number of ether oxygens (including phenoxy) is 3. The molecule has 2 aliphatic rings. The zero-order valence-electron chi connectivity index (χ0n) is 35.5. The fraction of sp³-hybridized carbons (Fsp3) is 0.500. The SMILES string of the molecule is CC(C)(C)OC(=O)N1CCCC1c1ncc(-c2ccc(-c3cnc4cc(-c5cnc(C6CCCN6C(=O)OC(C)(C)C)n5COCC[Si](C)(C)C)ccc4n3)cc2)[nH]1.